The number of fused-ring (bicyclic) bond motifs is 1. The predicted octanol–water partition coefficient (Wildman–Crippen LogP) is -1.03. The second-order valence-electron chi connectivity index (χ2n) is 9.46. The second kappa shape index (κ2) is 13.9. The molecule has 14 heteroatoms. The first-order valence-electron chi connectivity index (χ1n) is 12.2. The minimum atomic E-state index is -1.59. The lowest BCUT2D eigenvalue weighted by Crippen LogP contribution is -2.59. The highest BCUT2D eigenvalue weighted by Gasteiger charge is 2.33. The number of amides is 4. The number of carboxylic acid groups (broad SMARTS) is 2. The fourth-order valence-corrected chi connectivity index (χ4v) is 3.86. The summed E-state index contributed by atoms with van der Waals surface area (Å²) in [5.41, 5.74) is 12.2. The molecule has 0 spiro atoms. The van der Waals surface area contributed by atoms with Crippen LogP contribution in [-0.4, -0.2) is 74.9 Å². The van der Waals surface area contributed by atoms with Gasteiger partial charge in [-0.05, 0) is 24.0 Å². The van der Waals surface area contributed by atoms with Crippen molar-refractivity contribution in [3.05, 3.63) is 36.0 Å². The molecule has 0 aliphatic rings. The molecule has 0 saturated carbocycles. The van der Waals surface area contributed by atoms with E-state index >= 15 is 0 Å². The van der Waals surface area contributed by atoms with Crippen LogP contribution in [0.25, 0.3) is 10.9 Å². The van der Waals surface area contributed by atoms with Gasteiger partial charge < -0.3 is 42.6 Å². The van der Waals surface area contributed by atoms with Gasteiger partial charge in [-0.25, -0.2) is 4.79 Å². The van der Waals surface area contributed by atoms with Crippen LogP contribution in [0.4, 0.5) is 0 Å². The van der Waals surface area contributed by atoms with Crippen molar-refractivity contribution >= 4 is 46.5 Å². The zero-order valence-corrected chi connectivity index (χ0v) is 21.6. The Morgan fingerprint density at radius 3 is 2.15 bits per heavy atom. The zero-order chi connectivity index (χ0) is 29.3. The van der Waals surface area contributed by atoms with E-state index in [-0.39, 0.29) is 19.3 Å². The Hall–Kier alpha value is -4.46. The number of hydrogen-bond acceptors (Lipinski definition) is 7. The molecule has 2 aromatic rings. The highest BCUT2D eigenvalue weighted by Crippen LogP contribution is 2.19. The Morgan fingerprint density at radius 1 is 0.923 bits per heavy atom. The third-order valence-corrected chi connectivity index (χ3v) is 6.01. The summed E-state index contributed by atoms with van der Waals surface area (Å²) >= 11 is 0. The monoisotopic (exact) mass is 546 g/mol. The van der Waals surface area contributed by atoms with Crippen LogP contribution in [0, 0.1) is 5.92 Å². The molecule has 0 aliphatic carbocycles. The van der Waals surface area contributed by atoms with Crippen LogP contribution in [0.2, 0.25) is 0 Å². The molecule has 2 rings (SSSR count). The number of carbonyl (C=O) groups excluding carboxylic acids is 4. The summed E-state index contributed by atoms with van der Waals surface area (Å²) in [4.78, 5) is 75.6. The maximum Gasteiger partial charge on any atom is 0.326 e. The number of carbonyl (C=O) groups is 6. The molecule has 0 fully saturated rings. The summed E-state index contributed by atoms with van der Waals surface area (Å²) in [6.07, 6.45) is 0.493. The molecular weight excluding hydrogens is 512 g/mol. The Bertz CT molecular complexity index is 1230. The first-order chi connectivity index (χ1) is 18.3. The van der Waals surface area contributed by atoms with Crippen LogP contribution in [0.5, 0.6) is 0 Å². The smallest absolute Gasteiger partial charge is 0.326 e. The number of aromatic amines is 1. The second-order valence-corrected chi connectivity index (χ2v) is 9.46. The largest absolute Gasteiger partial charge is 0.481 e. The van der Waals surface area contributed by atoms with Crippen LogP contribution < -0.4 is 27.4 Å². The molecular formula is C25H34N6O8. The van der Waals surface area contributed by atoms with Crippen LogP contribution in [0.3, 0.4) is 0 Å². The quantitative estimate of drug-likeness (QED) is 0.136. The maximum absolute atomic E-state index is 13.1. The van der Waals surface area contributed by atoms with Crippen molar-refractivity contribution in [2.75, 3.05) is 0 Å². The molecule has 14 nitrogen and oxygen atoms in total. The van der Waals surface area contributed by atoms with Gasteiger partial charge in [0.05, 0.1) is 12.5 Å². The average Bonchev–Trinajstić information content (AvgIpc) is 3.26. The Morgan fingerprint density at radius 2 is 1.56 bits per heavy atom. The van der Waals surface area contributed by atoms with Gasteiger partial charge in [0.25, 0.3) is 0 Å². The van der Waals surface area contributed by atoms with Crippen molar-refractivity contribution in [3.63, 3.8) is 0 Å². The Labute approximate surface area is 223 Å². The van der Waals surface area contributed by atoms with Gasteiger partial charge in [-0.2, -0.15) is 0 Å². The Balaban J connectivity index is 2.14. The van der Waals surface area contributed by atoms with E-state index in [0.29, 0.717) is 5.56 Å². The summed E-state index contributed by atoms with van der Waals surface area (Å²) in [6, 6.07) is 1.87. The molecule has 1 heterocycles. The van der Waals surface area contributed by atoms with Crippen molar-refractivity contribution in [2.24, 2.45) is 17.4 Å². The summed E-state index contributed by atoms with van der Waals surface area (Å²) in [6.45, 7) is 3.20. The van der Waals surface area contributed by atoms with Gasteiger partial charge in [-0.3, -0.25) is 24.0 Å². The lowest BCUT2D eigenvalue weighted by atomic mass is 10.0. The van der Waals surface area contributed by atoms with Gasteiger partial charge >= 0.3 is 11.9 Å². The summed E-state index contributed by atoms with van der Waals surface area (Å²) < 4.78 is 0. The number of aromatic nitrogens is 1. The topological polar surface area (TPSA) is 247 Å². The average molecular weight is 547 g/mol. The van der Waals surface area contributed by atoms with Crippen LogP contribution in [-0.2, 0) is 35.2 Å². The fraction of sp³-hybridized carbons (Fsp3) is 0.440. The van der Waals surface area contributed by atoms with Gasteiger partial charge in [-0.1, -0.05) is 32.0 Å². The van der Waals surface area contributed by atoms with E-state index in [1.807, 2.05) is 18.2 Å². The molecule has 10 N–H and O–H groups in total. The molecule has 39 heavy (non-hydrogen) atoms. The van der Waals surface area contributed by atoms with Crippen LogP contribution in [0.1, 0.15) is 38.7 Å². The highest BCUT2D eigenvalue weighted by molar-refractivity contribution is 5.96. The minimum Gasteiger partial charge on any atom is -0.481 e. The van der Waals surface area contributed by atoms with Crippen molar-refractivity contribution in [1.82, 2.24) is 20.9 Å². The number of nitrogens with two attached hydrogens (primary N) is 2. The van der Waals surface area contributed by atoms with Crippen molar-refractivity contribution in [1.29, 1.82) is 0 Å². The molecule has 212 valence electrons. The third-order valence-electron chi connectivity index (χ3n) is 6.01. The third kappa shape index (κ3) is 9.10. The maximum atomic E-state index is 13.1. The van der Waals surface area contributed by atoms with Crippen LogP contribution in [0.15, 0.2) is 30.5 Å². The highest BCUT2D eigenvalue weighted by atomic mass is 16.4. The van der Waals surface area contributed by atoms with E-state index < -0.39 is 72.1 Å². The van der Waals surface area contributed by atoms with E-state index in [0.717, 1.165) is 10.9 Å². The van der Waals surface area contributed by atoms with Crippen molar-refractivity contribution < 1.29 is 39.0 Å². The van der Waals surface area contributed by atoms with Gasteiger partial charge in [0, 0.05) is 29.9 Å². The molecule has 4 atom stereocenters. The number of H-pyrrole nitrogens is 1. The molecule has 4 amide bonds. The number of primary amides is 1. The Kier molecular flexibility index (Phi) is 11.0. The summed E-state index contributed by atoms with van der Waals surface area (Å²) in [5, 5.41) is 26.8. The lowest BCUT2D eigenvalue weighted by molar-refractivity contribution is -0.143. The summed E-state index contributed by atoms with van der Waals surface area (Å²) in [5.74, 6) is -6.58. The van der Waals surface area contributed by atoms with Crippen molar-refractivity contribution in [3.8, 4) is 0 Å². The standard InChI is InChI=1S/C25H34N6O8/c1-12(2)21(31-23(36)17(10-20(33)34)29-22(35)15(26)7-8-19(27)32)24(37)30-18(25(38)39)9-13-11-28-16-6-4-3-5-14(13)16/h3-6,11-12,15,17-18,21,28H,7-10,26H2,1-2H3,(H2,27,32)(H,29,35)(H,30,37)(H,31,36)(H,33,34)(H,38,39). The summed E-state index contributed by atoms with van der Waals surface area (Å²) in [7, 11) is 0. The first kappa shape index (κ1) is 30.8. The number of hydrogen-bond donors (Lipinski definition) is 8. The van der Waals surface area contributed by atoms with E-state index in [1.165, 1.54) is 0 Å². The van der Waals surface area contributed by atoms with Gasteiger partial charge in [0.15, 0.2) is 0 Å². The lowest BCUT2D eigenvalue weighted by Gasteiger charge is -2.26. The normalized spacial score (nSPS) is 14.2. The van der Waals surface area contributed by atoms with E-state index in [4.69, 9.17) is 11.5 Å². The van der Waals surface area contributed by atoms with E-state index in [9.17, 15) is 39.0 Å². The number of para-hydroxylation sites is 1. The van der Waals surface area contributed by atoms with E-state index in [1.54, 1.807) is 26.1 Å². The van der Waals surface area contributed by atoms with Gasteiger partial charge in [-0.15, -0.1) is 0 Å². The molecule has 0 aliphatic heterocycles. The first-order valence-corrected chi connectivity index (χ1v) is 12.2. The molecule has 0 radical (unpaired) electrons. The van der Waals surface area contributed by atoms with Crippen LogP contribution >= 0.6 is 0 Å². The zero-order valence-electron chi connectivity index (χ0n) is 21.6. The van der Waals surface area contributed by atoms with Gasteiger partial charge in [0.2, 0.25) is 23.6 Å². The number of carboxylic acids is 2. The SMILES string of the molecule is CC(C)C(NC(=O)C(CC(=O)O)NC(=O)C(N)CCC(N)=O)C(=O)NC(Cc1c[nH]c2ccccc12)C(=O)O. The van der Waals surface area contributed by atoms with Crippen molar-refractivity contribution in [2.45, 2.75) is 63.7 Å². The number of benzene rings is 1. The fourth-order valence-electron chi connectivity index (χ4n) is 3.86. The minimum absolute atomic E-state index is 0.0370. The number of rotatable bonds is 15. The number of nitrogens with one attached hydrogen (secondary N) is 4. The number of aliphatic carboxylic acids is 2. The van der Waals surface area contributed by atoms with Gasteiger partial charge in [0.1, 0.15) is 18.1 Å². The molecule has 0 saturated heterocycles. The predicted molar refractivity (Wildman–Crippen MR) is 139 cm³/mol. The molecule has 1 aromatic heterocycles. The molecule has 4 unspecified atom stereocenters. The molecule has 1 aromatic carbocycles. The molecule has 0 bridgehead atoms. The van der Waals surface area contributed by atoms with E-state index in [2.05, 4.69) is 20.9 Å².